The second kappa shape index (κ2) is 22.7. The number of para-hydroxylation sites is 1. The minimum absolute atomic E-state index is 0.0756. The van der Waals surface area contributed by atoms with Gasteiger partial charge < -0.3 is 38.8 Å². The number of fused-ring (bicyclic) bond motifs is 4. The van der Waals surface area contributed by atoms with Crippen LogP contribution in [0.5, 0.6) is 17.2 Å². The van der Waals surface area contributed by atoms with Crippen molar-refractivity contribution in [3.63, 3.8) is 0 Å². The third kappa shape index (κ3) is 9.97. The first-order chi connectivity index (χ1) is 40.0. The lowest BCUT2D eigenvalue weighted by Gasteiger charge is -2.46. The number of esters is 1. The number of piperazine rings is 1. The van der Waals surface area contributed by atoms with Crippen molar-refractivity contribution in [2.75, 3.05) is 51.1 Å². The van der Waals surface area contributed by atoms with Crippen LogP contribution in [0.15, 0.2) is 146 Å². The van der Waals surface area contributed by atoms with Gasteiger partial charge in [0.2, 0.25) is 18.6 Å². The highest BCUT2D eigenvalue weighted by molar-refractivity contribution is 6.23. The molecule has 1 saturated carbocycles. The molecule has 420 valence electrons. The Hall–Kier alpha value is -8.60. The van der Waals surface area contributed by atoms with Crippen LogP contribution in [-0.4, -0.2) is 112 Å². The fraction of sp³-hybridized carbons (Fsp3) is 0.344. The van der Waals surface area contributed by atoms with Crippen LogP contribution in [0.25, 0.3) is 0 Å². The molecule has 0 aromatic heterocycles. The zero-order valence-electron chi connectivity index (χ0n) is 45.0. The lowest BCUT2D eigenvalue weighted by Crippen LogP contribution is -2.59. The van der Waals surface area contributed by atoms with E-state index in [0.29, 0.717) is 71.8 Å². The molecule has 0 radical (unpaired) electrons. The number of ether oxygens (including phenoxy) is 5. The maximum atomic E-state index is 17.1. The monoisotopic (exact) mass is 1110 g/mol. The molecule has 0 unspecified atom stereocenters. The van der Waals surface area contributed by atoms with Gasteiger partial charge in [0.05, 0.1) is 35.2 Å². The van der Waals surface area contributed by atoms with Gasteiger partial charge >= 0.3 is 12.1 Å². The van der Waals surface area contributed by atoms with E-state index in [-0.39, 0.29) is 62.4 Å². The second-order valence-corrected chi connectivity index (χ2v) is 21.7. The second-order valence-electron chi connectivity index (χ2n) is 21.7. The molecular formula is C64H61N5O13. The summed E-state index contributed by atoms with van der Waals surface area (Å²) in [6.07, 6.45) is 2.35. The summed E-state index contributed by atoms with van der Waals surface area (Å²) >= 11 is 0. The van der Waals surface area contributed by atoms with E-state index < -0.39 is 70.0 Å². The van der Waals surface area contributed by atoms with Gasteiger partial charge in [0, 0.05) is 56.0 Å². The van der Waals surface area contributed by atoms with Crippen LogP contribution in [0.1, 0.15) is 95.7 Å². The number of carbonyl (C=O) groups excluding carboxylic acids is 4. The molecule has 18 nitrogen and oxygen atoms in total. The molecule has 1 spiro atoms. The highest BCUT2D eigenvalue weighted by Gasteiger charge is 2.76. The molecule has 18 heteroatoms. The Bertz CT molecular complexity index is 3460. The predicted octanol–water partition coefficient (Wildman–Crippen LogP) is 8.48. The molecule has 6 aromatic rings. The molecular weight excluding hydrogens is 1050 g/mol. The van der Waals surface area contributed by atoms with Gasteiger partial charge in [0.25, 0.3) is 5.69 Å². The number of cyclic esters (lactones) is 1. The van der Waals surface area contributed by atoms with Crippen molar-refractivity contribution in [3.8, 4) is 29.1 Å². The van der Waals surface area contributed by atoms with Gasteiger partial charge in [-0.05, 0) is 102 Å². The first kappa shape index (κ1) is 54.0. The highest BCUT2D eigenvalue weighted by atomic mass is 16.7. The fourth-order valence-electron chi connectivity index (χ4n) is 13.1. The Morgan fingerprint density at radius 2 is 1.44 bits per heavy atom. The standard InChI is InChI=1S/C64H61N5O13/c70-35-36-78-51-18-10-9-17-48(51)58-64(49-37-42(27-30-63(75)28-11-1-2-12-29-63)21-25-50(49)67(61(64)73)62(74)79-40-43-19-23-47(24-20-43)69(76)77)54(59(71)66-33-31-65(32-34-66)39-44-22-26-52-53(38-44)81-41-80-52)56-60(72)82-57(46-15-7-4-8-16-46)55(68(56)58)45-13-5-3-6-14-45/h3-10,13-26,37-38,54-58,70,75H,1-2,11-12,28-29,31-36,39-41H2/t54-,55-,56-,57+,58+,64-/m1/s1. The summed E-state index contributed by atoms with van der Waals surface area (Å²) in [5.41, 5.74) is 0.140. The number of hydrogen-bond acceptors (Lipinski definition) is 15. The van der Waals surface area contributed by atoms with E-state index in [2.05, 4.69) is 16.7 Å². The first-order valence-corrected chi connectivity index (χ1v) is 27.9. The smallest absolute Gasteiger partial charge is 0.421 e. The Labute approximate surface area is 473 Å². The molecule has 5 heterocycles. The lowest BCUT2D eigenvalue weighted by molar-refractivity contribution is -0.384. The minimum atomic E-state index is -2.19. The minimum Gasteiger partial charge on any atom is -0.491 e. The molecule has 6 aromatic carbocycles. The average Bonchev–Trinajstić information content (AvgIpc) is 2.67. The third-order valence-corrected chi connectivity index (χ3v) is 16.9. The molecule has 4 fully saturated rings. The van der Waals surface area contributed by atoms with Crippen molar-refractivity contribution < 1.29 is 58.0 Å². The number of amides is 3. The number of anilines is 1. The number of nitro benzene ring substituents is 1. The van der Waals surface area contributed by atoms with Crippen LogP contribution in [0.3, 0.4) is 0 Å². The maximum absolute atomic E-state index is 17.1. The number of non-ortho nitro benzene ring substituents is 1. The number of aliphatic hydroxyl groups excluding tert-OH is 1. The van der Waals surface area contributed by atoms with E-state index in [0.717, 1.165) is 36.1 Å². The third-order valence-electron chi connectivity index (χ3n) is 16.9. The molecule has 6 aliphatic rings. The van der Waals surface area contributed by atoms with E-state index in [4.69, 9.17) is 23.7 Å². The summed E-state index contributed by atoms with van der Waals surface area (Å²) in [6.45, 7) is 1.06. The number of carbonyl (C=O) groups is 4. The van der Waals surface area contributed by atoms with Crippen LogP contribution in [0.2, 0.25) is 0 Å². The van der Waals surface area contributed by atoms with Crippen LogP contribution < -0.4 is 19.1 Å². The molecule has 3 amide bonds. The van der Waals surface area contributed by atoms with Gasteiger partial charge in [-0.25, -0.2) is 9.69 Å². The summed E-state index contributed by atoms with van der Waals surface area (Å²) in [4.78, 5) is 82.6. The average molecular weight is 1110 g/mol. The Balaban J connectivity index is 1.06. The zero-order valence-corrected chi connectivity index (χ0v) is 45.0. The van der Waals surface area contributed by atoms with Crippen molar-refractivity contribution in [2.45, 2.75) is 86.9 Å². The Morgan fingerprint density at radius 3 is 2.16 bits per heavy atom. The number of rotatable bonds is 12. The lowest BCUT2D eigenvalue weighted by atomic mass is 9.64. The van der Waals surface area contributed by atoms with Gasteiger partial charge in [-0.15, -0.1) is 0 Å². The summed E-state index contributed by atoms with van der Waals surface area (Å²) in [7, 11) is 0. The van der Waals surface area contributed by atoms with Crippen molar-refractivity contribution in [3.05, 3.63) is 195 Å². The molecule has 6 atom stereocenters. The number of nitrogens with zero attached hydrogens (tertiary/aromatic N) is 5. The van der Waals surface area contributed by atoms with E-state index in [1.807, 2.05) is 83.8 Å². The van der Waals surface area contributed by atoms with Crippen LogP contribution >= 0.6 is 0 Å². The summed E-state index contributed by atoms with van der Waals surface area (Å²) in [5, 5.41) is 33.7. The van der Waals surface area contributed by atoms with Gasteiger partial charge in [-0.1, -0.05) is 110 Å². The number of aliphatic hydroxyl groups is 2. The topological polar surface area (TPSA) is 211 Å². The van der Waals surface area contributed by atoms with Crippen molar-refractivity contribution in [1.82, 2.24) is 14.7 Å². The number of imide groups is 1. The SMILES string of the molecule is O=C1O[C@@H](c2ccccc2)[C@@H](c2ccccc2)N2[C@@H](c3ccccc3OCCO)[C@]3(C(=O)N(C(=O)OCc4ccc([N+](=O)[O-])cc4)c4ccc(C#CC5(O)CCCCCC5)cc43)[C@@H](C(=O)N3CCN(Cc4ccc5c(c4)OCO5)CC3)[C@H]12. The van der Waals surface area contributed by atoms with E-state index in [1.54, 1.807) is 47.4 Å². The van der Waals surface area contributed by atoms with Gasteiger partial charge in [0.15, 0.2) is 11.5 Å². The largest absolute Gasteiger partial charge is 0.491 e. The maximum Gasteiger partial charge on any atom is 0.421 e. The molecule has 5 aliphatic heterocycles. The van der Waals surface area contributed by atoms with Gasteiger partial charge in [-0.3, -0.25) is 34.3 Å². The number of benzene rings is 6. The quantitative estimate of drug-likeness (QED) is 0.0387. The van der Waals surface area contributed by atoms with Crippen molar-refractivity contribution in [2.24, 2.45) is 5.92 Å². The molecule has 12 rings (SSSR count). The molecule has 82 heavy (non-hydrogen) atoms. The van der Waals surface area contributed by atoms with Crippen LogP contribution in [-0.2, 0) is 42.4 Å². The van der Waals surface area contributed by atoms with E-state index >= 15 is 19.2 Å². The number of hydrogen-bond donors (Lipinski definition) is 2. The van der Waals surface area contributed by atoms with E-state index in [9.17, 15) is 20.3 Å². The Morgan fingerprint density at radius 1 is 0.756 bits per heavy atom. The molecule has 3 saturated heterocycles. The highest BCUT2D eigenvalue weighted by Crippen LogP contribution is 2.67. The van der Waals surface area contributed by atoms with Gasteiger partial charge in [-0.2, -0.15) is 0 Å². The van der Waals surface area contributed by atoms with Crippen molar-refractivity contribution >= 4 is 35.3 Å². The van der Waals surface area contributed by atoms with Crippen LogP contribution in [0.4, 0.5) is 16.2 Å². The van der Waals surface area contributed by atoms with Gasteiger partial charge in [0.1, 0.15) is 42.1 Å². The first-order valence-electron chi connectivity index (χ1n) is 27.9. The van der Waals surface area contributed by atoms with E-state index in [1.165, 1.54) is 24.3 Å². The molecule has 0 bridgehead atoms. The summed E-state index contributed by atoms with van der Waals surface area (Å²) in [6, 6.07) is 38.3. The summed E-state index contributed by atoms with van der Waals surface area (Å²) < 4.78 is 30.4. The fourth-order valence-corrected chi connectivity index (χ4v) is 13.1. The Kier molecular flexibility index (Phi) is 15.0. The molecule has 1 aliphatic carbocycles. The van der Waals surface area contributed by atoms with Crippen molar-refractivity contribution in [1.29, 1.82) is 0 Å². The zero-order chi connectivity index (χ0) is 56.5. The number of morpholine rings is 1. The molecule has 2 N–H and O–H groups in total. The predicted molar refractivity (Wildman–Crippen MR) is 298 cm³/mol. The normalized spacial score (nSPS) is 23.7. The van der Waals surface area contributed by atoms with Crippen LogP contribution in [0, 0.1) is 27.9 Å². The number of nitro groups is 1. The summed E-state index contributed by atoms with van der Waals surface area (Å²) in [5.74, 6) is 4.23.